The van der Waals surface area contributed by atoms with Gasteiger partial charge in [-0.1, -0.05) is 166 Å². The van der Waals surface area contributed by atoms with Gasteiger partial charge in [0.2, 0.25) is 0 Å². The molecule has 332 valence electrons. The molecule has 4 heteroatoms. The molecule has 0 fully saturated rings. The maximum atomic E-state index is 2.59. The van der Waals surface area contributed by atoms with Crippen LogP contribution < -0.4 is 31.1 Å². The van der Waals surface area contributed by atoms with Gasteiger partial charge in [0.05, 0.1) is 5.69 Å². The Kier molecular flexibility index (Phi) is 10.4. The van der Waals surface area contributed by atoms with Crippen molar-refractivity contribution in [2.24, 2.45) is 0 Å². The Morgan fingerprint density at radius 3 is 1.52 bits per heavy atom. The topological polar surface area (TPSA) is 9.72 Å². The second kappa shape index (κ2) is 16.2. The van der Waals surface area contributed by atoms with Gasteiger partial charge in [-0.2, -0.15) is 0 Å². The minimum absolute atomic E-state index is 0.0193. The molecule has 0 radical (unpaired) electrons. The molecule has 8 aromatic rings. The largest absolute Gasteiger partial charge is 0.311 e. The molecular weight excluding hydrogens is 810 g/mol. The molecule has 0 bridgehead atoms. The van der Waals surface area contributed by atoms with Crippen LogP contribution in [-0.4, -0.2) is 6.71 Å². The van der Waals surface area contributed by atoms with Gasteiger partial charge < -0.3 is 14.7 Å². The van der Waals surface area contributed by atoms with Crippen molar-refractivity contribution in [3.63, 3.8) is 0 Å². The average Bonchev–Trinajstić information content (AvgIpc) is 3.56. The first-order chi connectivity index (χ1) is 32.3. The lowest BCUT2D eigenvalue weighted by atomic mass is 9.33. The molecule has 3 aliphatic rings. The van der Waals surface area contributed by atoms with E-state index in [2.05, 4.69) is 254 Å². The lowest BCUT2D eigenvalue weighted by molar-refractivity contribution is 0.660. The molecule has 0 saturated carbocycles. The average molecular weight is 872 g/mol. The van der Waals surface area contributed by atoms with Crippen molar-refractivity contribution < 1.29 is 0 Å². The van der Waals surface area contributed by atoms with E-state index in [-0.39, 0.29) is 12.1 Å². The summed E-state index contributed by atoms with van der Waals surface area (Å²) in [5, 5.41) is 0. The van der Waals surface area contributed by atoms with Crippen molar-refractivity contribution in [3.8, 4) is 11.1 Å². The molecule has 0 saturated heterocycles. The molecule has 0 atom stereocenters. The Hall–Kier alpha value is -6.78. The molecule has 8 aromatic carbocycles. The molecule has 67 heavy (non-hydrogen) atoms. The van der Waals surface area contributed by atoms with Crippen LogP contribution in [0, 0.1) is 0 Å². The van der Waals surface area contributed by atoms with Crippen molar-refractivity contribution >= 4 is 74.3 Å². The number of benzene rings is 8. The molecule has 11 rings (SSSR count). The van der Waals surface area contributed by atoms with Crippen LogP contribution in [0.5, 0.6) is 0 Å². The van der Waals surface area contributed by atoms with Crippen LogP contribution in [0.2, 0.25) is 0 Å². The number of hydrogen-bond donors (Lipinski definition) is 0. The fourth-order valence-electron chi connectivity index (χ4n) is 11.3. The maximum Gasteiger partial charge on any atom is 0.252 e. The number of anilines is 9. The summed E-state index contributed by atoms with van der Waals surface area (Å²) in [5.41, 5.74) is 25.3. The van der Waals surface area contributed by atoms with Crippen molar-refractivity contribution in [2.75, 3.05) is 14.7 Å². The summed E-state index contributed by atoms with van der Waals surface area (Å²) in [5.74, 6) is 1.63. The van der Waals surface area contributed by atoms with Gasteiger partial charge in [-0.25, -0.2) is 0 Å². The van der Waals surface area contributed by atoms with Crippen molar-refractivity contribution in [3.05, 3.63) is 203 Å². The Bertz CT molecular complexity index is 3180. The monoisotopic (exact) mass is 872 g/mol. The molecule has 2 aliphatic heterocycles. The zero-order chi connectivity index (χ0) is 46.5. The predicted octanol–water partition coefficient (Wildman–Crippen LogP) is 16.0. The lowest BCUT2D eigenvalue weighted by Crippen LogP contribution is -2.61. The molecule has 2 heterocycles. The molecule has 3 nitrogen and oxygen atoms in total. The normalized spacial score (nSPS) is 14.1. The van der Waals surface area contributed by atoms with Crippen molar-refractivity contribution in [1.29, 1.82) is 0 Å². The number of hydrogen-bond acceptors (Lipinski definition) is 3. The van der Waals surface area contributed by atoms with E-state index in [1.165, 1.54) is 89.3 Å². The minimum Gasteiger partial charge on any atom is -0.311 e. The van der Waals surface area contributed by atoms with Gasteiger partial charge in [0.25, 0.3) is 6.71 Å². The molecule has 1 aliphatic carbocycles. The first-order valence-electron chi connectivity index (χ1n) is 24.7. The third kappa shape index (κ3) is 6.94. The van der Waals surface area contributed by atoms with E-state index in [9.17, 15) is 0 Å². The summed E-state index contributed by atoms with van der Waals surface area (Å²) in [4.78, 5) is 7.66. The van der Waals surface area contributed by atoms with Gasteiger partial charge in [0.1, 0.15) is 0 Å². The molecule has 0 unspecified atom stereocenters. The summed E-state index contributed by atoms with van der Waals surface area (Å²) >= 11 is 0. The van der Waals surface area contributed by atoms with Gasteiger partial charge in [-0.3, -0.25) is 0 Å². The highest BCUT2D eigenvalue weighted by Gasteiger charge is 2.45. The van der Waals surface area contributed by atoms with Crippen molar-refractivity contribution in [2.45, 2.75) is 98.3 Å². The maximum absolute atomic E-state index is 2.59. The third-order valence-electron chi connectivity index (χ3n) is 15.2. The van der Waals surface area contributed by atoms with E-state index in [1.807, 2.05) is 0 Å². The van der Waals surface area contributed by atoms with Crippen LogP contribution in [0.15, 0.2) is 170 Å². The standard InChI is InChI=1S/C63H62BN3/c1-39(2)43-20-26-48(27-21-43)66-58-33-25-45(41(5)6)34-57(58)64-56-32-24-46(42(7)8)35-59(56)67(49-28-22-44(23-29-49)40(3)4)61-38-51(37-60(66)62(61)64)65(47-16-12-11-13-17-47)50-30-31-53-52-18-14-15-19-54(52)63(9,10)55(53)36-50/h11-42H,1-10H3. The third-order valence-corrected chi connectivity index (χ3v) is 15.2. The van der Waals surface area contributed by atoms with Crippen LogP contribution in [0.4, 0.5) is 51.2 Å². The first-order valence-corrected chi connectivity index (χ1v) is 24.7. The van der Waals surface area contributed by atoms with Gasteiger partial charge >= 0.3 is 0 Å². The second-order valence-corrected chi connectivity index (χ2v) is 21.0. The van der Waals surface area contributed by atoms with E-state index in [0.29, 0.717) is 23.7 Å². The van der Waals surface area contributed by atoms with Crippen molar-refractivity contribution in [1.82, 2.24) is 0 Å². The fraction of sp³-hybridized carbons (Fsp3) is 0.238. The van der Waals surface area contributed by atoms with Gasteiger partial charge in [0, 0.05) is 50.9 Å². The number of para-hydroxylation sites is 1. The van der Waals surface area contributed by atoms with E-state index in [0.717, 1.165) is 22.7 Å². The minimum atomic E-state index is -0.145. The van der Waals surface area contributed by atoms with E-state index >= 15 is 0 Å². The molecule has 0 amide bonds. The van der Waals surface area contributed by atoms with Gasteiger partial charge in [0.15, 0.2) is 0 Å². The Morgan fingerprint density at radius 2 is 0.910 bits per heavy atom. The van der Waals surface area contributed by atoms with E-state index in [4.69, 9.17) is 0 Å². The SMILES string of the molecule is CC(C)c1ccc(N2c3ccc(C(C)C)cc3B3c4ccc(C(C)C)cc4N(c4ccc(C(C)C)cc4)c4cc(N(c5ccccc5)c5ccc6c(c5)C(C)(C)c5ccccc5-6)cc2c43)cc1. The zero-order valence-corrected chi connectivity index (χ0v) is 40.9. The van der Waals surface area contributed by atoms with E-state index < -0.39 is 0 Å². The van der Waals surface area contributed by atoms with E-state index in [1.54, 1.807) is 0 Å². The number of nitrogens with zero attached hydrogens (tertiary/aromatic N) is 3. The summed E-state index contributed by atoms with van der Waals surface area (Å²) in [6.45, 7) is 23.2. The van der Waals surface area contributed by atoms with Crippen LogP contribution >= 0.6 is 0 Å². The molecule has 0 N–H and O–H groups in total. The summed E-state index contributed by atoms with van der Waals surface area (Å²) < 4.78 is 0. The molecule has 0 aromatic heterocycles. The highest BCUT2D eigenvalue weighted by Crippen LogP contribution is 2.52. The quantitative estimate of drug-likeness (QED) is 0.134. The molecule has 0 spiro atoms. The second-order valence-electron chi connectivity index (χ2n) is 21.0. The summed E-state index contributed by atoms with van der Waals surface area (Å²) in [6.07, 6.45) is 0. The zero-order valence-electron chi connectivity index (χ0n) is 40.9. The molecular formula is C63H62BN3. The number of rotatable bonds is 9. The van der Waals surface area contributed by atoms with Crippen LogP contribution in [0.1, 0.15) is 126 Å². The first kappa shape index (κ1) is 42.8. The van der Waals surface area contributed by atoms with Crippen LogP contribution in [-0.2, 0) is 5.41 Å². The smallest absolute Gasteiger partial charge is 0.252 e. The fourth-order valence-corrected chi connectivity index (χ4v) is 11.3. The lowest BCUT2D eigenvalue weighted by Gasteiger charge is -2.45. The summed E-state index contributed by atoms with van der Waals surface area (Å²) in [6, 6.07) is 65.5. The van der Waals surface area contributed by atoms with Gasteiger partial charge in [-0.05, 0) is 157 Å². The highest BCUT2D eigenvalue weighted by molar-refractivity contribution is 7.00. The predicted molar refractivity (Wildman–Crippen MR) is 289 cm³/mol. The van der Waals surface area contributed by atoms with Crippen LogP contribution in [0.25, 0.3) is 11.1 Å². The Morgan fingerprint density at radius 1 is 0.388 bits per heavy atom. The summed E-state index contributed by atoms with van der Waals surface area (Å²) in [7, 11) is 0. The number of fused-ring (bicyclic) bond motifs is 7. The van der Waals surface area contributed by atoms with Gasteiger partial charge in [-0.15, -0.1) is 0 Å². The Labute approximate surface area is 399 Å². The van der Waals surface area contributed by atoms with Crippen LogP contribution in [0.3, 0.4) is 0 Å². The Balaban J connectivity index is 1.24. The highest BCUT2D eigenvalue weighted by atomic mass is 15.2.